The summed E-state index contributed by atoms with van der Waals surface area (Å²) in [4.78, 5) is 38.0. The van der Waals surface area contributed by atoms with Gasteiger partial charge in [0.15, 0.2) is 5.11 Å². The van der Waals surface area contributed by atoms with Crippen LogP contribution in [0.1, 0.15) is 25.8 Å². The van der Waals surface area contributed by atoms with Gasteiger partial charge in [-0.05, 0) is 43.8 Å². The molecule has 1 aromatic rings. The highest BCUT2D eigenvalue weighted by atomic mass is 35.5. The molecule has 27 heavy (non-hydrogen) atoms. The monoisotopic (exact) mass is 411 g/mol. The van der Waals surface area contributed by atoms with Crippen molar-refractivity contribution < 1.29 is 19.1 Å². The van der Waals surface area contributed by atoms with Gasteiger partial charge in [0.1, 0.15) is 6.04 Å². The highest BCUT2D eigenvalue weighted by Gasteiger charge is 2.34. The molecule has 1 aliphatic heterocycles. The van der Waals surface area contributed by atoms with Crippen molar-refractivity contribution in [3.05, 3.63) is 34.9 Å². The first-order valence-corrected chi connectivity index (χ1v) is 9.37. The lowest BCUT2D eigenvalue weighted by Gasteiger charge is -2.36. The average Bonchev–Trinajstić information content (AvgIpc) is 2.58. The molecular weight excluding hydrogens is 390 g/mol. The minimum atomic E-state index is -0.812. The van der Waals surface area contributed by atoms with Gasteiger partial charge in [-0.1, -0.05) is 23.7 Å². The van der Waals surface area contributed by atoms with E-state index in [1.165, 1.54) is 0 Å². The summed E-state index contributed by atoms with van der Waals surface area (Å²) in [5, 5.41) is 6.04. The third kappa shape index (κ3) is 6.48. The molecule has 0 unspecified atom stereocenters. The summed E-state index contributed by atoms with van der Waals surface area (Å²) in [7, 11) is 0. The second-order valence-electron chi connectivity index (χ2n) is 6.40. The summed E-state index contributed by atoms with van der Waals surface area (Å²) in [6.45, 7) is 4.24. The number of halogens is 1. The number of hydrogen-bond donors (Lipinski definition) is 2. The Morgan fingerprint density at radius 1 is 1.37 bits per heavy atom. The molecule has 1 fully saturated rings. The number of carbonyl (C=O) groups is 3. The van der Waals surface area contributed by atoms with Crippen LogP contribution in [0.3, 0.4) is 0 Å². The van der Waals surface area contributed by atoms with E-state index in [1.807, 2.05) is 0 Å². The quantitative estimate of drug-likeness (QED) is 0.563. The largest absolute Gasteiger partial charge is 0.463 e. The molecule has 0 spiro atoms. The van der Waals surface area contributed by atoms with Crippen molar-refractivity contribution in [2.24, 2.45) is 0 Å². The Labute approximate surface area is 168 Å². The van der Waals surface area contributed by atoms with Crippen LogP contribution in [0.15, 0.2) is 24.3 Å². The van der Waals surface area contributed by atoms with E-state index in [0.717, 1.165) is 5.56 Å². The number of benzene rings is 1. The van der Waals surface area contributed by atoms with E-state index in [0.29, 0.717) is 18.1 Å². The fourth-order valence-corrected chi connectivity index (χ4v) is 3.11. The number of carbonyl (C=O) groups excluding carboxylic acids is 3. The normalized spacial score (nSPS) is 16.7. The van der Waals surface area contributed by atoms with Gasteiger partial charge in [-0.25, -0.2) is 0 Å². The van der Waals surface area contributed by atoms with Crippen LogP contribution >= 0.6 is 23.8 Å². The molecule has 1 atom stereocenters. The number of rotatable bonds is 5. The predicted molar refractivity (Wildman–Crippen MR) is 105 cm³/mol. The van der Waals surface area contributed by atoms with Crippen molar-refractivity contribution in [1.29, 1.82) is 0 Å². The molecule has 2 rings (SSSR count). The number of ether oxygens (including phenoxy) is 1. The summed E-state index contributed by atoms with van der Waals surface area (Å²) < 4.78 is 5.11. The van der Waals surface area contributed by atoms with Crippen molar-refractivity contribution >= 4 is 46.7 Å². The van der Waals surface area contributed by atoms with Crippen LogP contribution in [0.5, 0.6) is 0 Å². The second kappa shape index (κ2) is 9.66. The van der Waals surface area contributed by atoms with Gasteiger partial charge in [0.2, 0.25) is 11.8 Å². The zero-order valence-electron chi connectivity index (χ0n) is 15.2. The van der Waals surface area contributed by atoms with E-state index in [1.54, 1.807) is 43.0 Å². The molecule has 146 valence electrons. The van der Waals surface area contributed by atoms with Gasteiger partial charge >= 0.3 is 5.97 Å². The molecule has 0 bridgehead atoms. The summed E-state index contributed by atoms with van der Waals surface area (Å²) in [5.41, 5.74) is 0.785. The van der Waals surface area contributed by atoms with Crippen LogP contribution < -0.4 is 10.6 Å². The Morgan fingerprint density at radius 2 is 2.04 bits per heavy atom. The van der Waals surface area contributed by atoms with E-state index < -0.39 is 12.0 Å². The molecule has 2 N–H and O–H groups in total. The molecule has 0 aliphatic carbocycles. The molecule has 1 aliphatic rings. The lowest BCUT2D eigenvalue weighted by molar-refractivity contribution is -0.150. The van der Waals surface area contributed by atoms with Gasteiger partial charge in [0, 0.05) is 18.1 Å². The van der Waals surface area contributed by atoms with Crippen LogP contribution in [-0.4, -0.2) is 53.0 Å². The fraction of sp³-hybridized carbons (Fsp3) is 0.444. The lowest BCUT2D eigenvalue weighted by Crippen LogP contribution is -2.60. The molecule has 0 saturated carbocycles. The number of amides is 2. The van der Waals surface area contributed by atoms with Crippen LogP contribution in [0.25, 0.3) is 0 Å². The van der Waals surface area contributed by atoms with Crippen molar-refractivity contribution in [1.82, 2.24) is 15.5 Å². The Morgan fingerprint density at radius 3 is 2.67 bits per heavy atom. The molecule has 7 nitrogen and oxygen atoms in total. The average molecular weight is 412 g/mol. The van der Waals surface area contributed by atoms with Gasteiger partial charge in [-0.3, -0.25) is 14.4 Å². The summed E-state index contributed by atoms with van der Waals surface area (Å²) in [6.07, 6.45) is -0.294. The molecule has 0 radical (unpaired) electrons. The van der Waals surface area contributed by atoms with Crippen LogP contribution in [-0.2, 0) is 25.5 Å². The SMILES string of the molecule is CC(C)OC(=O)C[C@@H]1C(=O)NCCN1C(=S)NC(=O)Cc1ccc(Cl)cc1. The molecule has 1 aromatic carbocycles. The maximum absolute atomic E-state index is 12.3. The number of hydrogen-bond acceptors (Lipinski definition) is 5. The number of nitrogens with zero attached hydrogens (tertiary/aromatic N) is 1. The lowest BCUT2D eigenvalue weighted by atomic mass is 10.1. The molecular formula is C18H22ClN3O4S. The first-order chi connectivity index (χ1) is 12.8. The summed E-state index contributed by atoms with van der Waals surface area (Å²) in [5.74, 6) is -1.12. The first-order valence-electron chi connectivity index (χ1n) is 8.58. The molecule has 0 aromatic heterocycles. The Hall–Kier alpha value is -2.19. The maximum atomic E-state index is 12.3. The molecule has 2 amide bonds. The van der Waals surface area contributed by atoms with E-state index in [9.17, 15) is 14.4 Å². The Balaban J connectivity index is 1.98. The van der Waals surface area contributed by atoms with Crippen molar-refractivity contribution in [2.45, 2.75) is 38.8 Å². The van der Waals surface area contributed by atoms with Crippen molar-refractivity contribution in [3.8, 4) is 0 Å². The van der Waals surface area contributed by atoms with Crippen LogP contribution in [0, 0.1) is 0 Å². The number of nitrogens with one attached hydrogen (secondary N) is 2. The van der Waals surface area contributed by atoms with E-state index in [-0.39, 0.29) is 35.9 Å². The highest BCUT2D eigenvalue weighted by molar-refractivity contribution is 7.80. The first kappa shape index (κ1) is 21.1. The van der Waals surface area contributed by atoms with Crippen LogP contribution in [0.4, 0.5) is 0 Å². The zero-order valence-corrected chi connectivity index (χ0v) is 16.7. The third-order valence-electron chi connectivity index (χ3n) is 3.84. The number of piperazine rings is 1. The van der Waals surface area contributed by atoms with Gasteiger partial charge in [-0.15, -0.1) is 0 Å². The zero-order chi connectivity index (χ0) is 20.0. The van der Waals surface area contributed by atoms with Gasteiger partial charge in [0.05, 0.1) is 18.9 Å². The standard InChI is InChI=1S/C18H22ClN3O4S/c1-11(2)26-16(24)10-14-17(25)20-7-8-22(14)18(27)21-15(23)9-12-3-5-13(19)6-4-12/h3-6,11,14H,7-10H2,1-2H3,(H,20,25)(H,21,23,27)/t14-/m1/s1. The maximum Gasteiger partial charge on any atom is 0.308 e. The topological polar surface area (TPSA) is 87.7 Å². The minimum Gasteiger partial charge on any atom is -0.463 e. The summed E-state index contributed by atoms with van der Waals surface area (Å²) in [6, 6.07) is 6.10. The smallest absolute Gasteiger partial charge is 0.308 e. The third-order valence-corrected chi connectivity index (χ3v) is 4.43. The van der Waals surface area contributed by atoms with Gasteiger partial charge < -0.3 is 20.3 Å². The predicted octanol–water partition coefficient (Wildman–Crippen LogP) is 1.43. The fourth-order valence-electron chi connectivity index (χ4n) is 2.65. The van der Waals surface area contributed by atoms with E-state index in [4.69, 9.17) is 28.6 Å². The Bertz CT molecular complexity index is 724. The van der Waals surface area contributed by atoms with E-state index >= 15 is 0 Å². The van der Waals surface area contributed by atoms with Gasteiger partial charge in [-0.2, -0.15) is 0 Å². The summed E-state index contributed by atoms with van der Waals surface area (Å²) >= 11 is 11.1. The van der Waals surface area contributed by atoms with E-state index in [2.05, 4.69) is 10.6 Å². The highest BCUT2D eigenvalue weighted by Crippen LogP contribution is 2.12. The number of esters is 1. The molecule has 1 heterocycles. The Kier molecular flexibility index (Phi) is 7.55. The number of thiocarbonyl (C=S) groups is 1. The minimum absolute atomic E-state index is 0.117. The van der Waals surface area contributed by atoms with Gasteiger partial charge in [0.25, 0.3) is 0 Å². The van der Waals surface area contributed by atoms with Crippen molar-refractivity contribution in [3.63, 3.8) is 0 Å². The van der Waals surface area contributed by atoms with Crippen molar-refractivity contribution in [2.75, 3.05) is 13.1 Å². The van der Waals surface area contributed by atoms with Crippen LogP contribution in [0.2, 0.25) is 5.02 Å². The molecule has 9 heteroatoms. The molecule has 1 saturated heterocycles. The second-order valence-corrected chi connectivity index (χ2v) is 7.22.